The summed E-state index contributed by atoms with van der Waals surface area (Å²) in [5.41, 5.74) is 1.43. The third kappa shape index (κ3) is 3.92. The largest absolute Gasteiger partial charge is 0.362 e. The maximum atomic E-state index is 11.8. The highest BCUT2D eigenvalue weighted by atomic mass is 35.5. The lowest BCUT2D eigenvalue weighted by atomic mass is 10.2. The van der Waals surface area contributed by atoms with E-state index in [1.165, 1.54) is 4.90 Å². The van der Waals surface area contributed by atoms with Crippen molar-refractivity contribution in [3.63, 3.8) is 0 Å². The molecule has 2 heterocycles. The van der Waals surface area contributed by atoms with E-state index in [0.717, 1.165) is 5.69 Å². The number of carbonyl (C=O) groups excluding carboxylic acids is 1. The molecule has 0 aliphatic carbocycles. The third-order valence-corrected chi connectivity index (χ3v) is 3.20. The van der Waals surface area contributed by atoms with Crippen molar-refractivity contribution in [3.05, 3.63) is 52.9 Å². The normalized spacial score (nSPS) is 11.8. The number of amides is 1. The molecule has 0 saturated heterocycles. The molecule has 21 heavy (non-hydrogen) atoms. The molecule has 1 atom stereocenters. The number of pyridine rings is 2. The second-order valence-corrected chi connectivity index (χ2v) is 5.34. The van der Waals surface area contributed by atoms with E-state index < -0.39 is 0 Å². The van der Waals surface area contributed by atoms with Crippen LogP contribution in [0.3, 0.4) is 0 Å². The second kappa shape index (κ2) is 6.54. The van der Waals surface area contributed by atoms with E-state index in [4.69, 9.17) is 11.6 Å². The van der Waals surface area contributed by atoms with Crippen molar-refractivity contribution in [2.45, 2.75) is 13.0 Å². The van der Waals surface area contributed by atoms with Gasteiger partial charge < -0.3 is 10.2 Å². The number of hydrogen-bond donors (Lipinski definition) is 1. The Kier molecular flexibility index (Phi) is 4.75. The van der Waals surface area contributed by atoms with Crippen LogP contribution in [0.25, 0.3) is 0 Å². The van der Waals surface area contributed by atoms with Crippen LogP contribution in [0, 0.1) is 0 Å². The molecule has 5 nitrogen and oxygen atoms in total. The smallest absolute Gasteiger partial charge is 0.254 e. The molecule has 6 heteroatoms. The van der Waals surface area contributed by atoms with Gasteiger partial charge in [-0.2, -0.15) is 0 Å². The lowest BCUT2D eigenvalue weighted by molar-refractivity contribution is 0.0827. The Bertz CT molecular complexity index is 611. The number of anilines is 1. The zero-order chi connectivity index (χ0) is 15.4. The standard InChI is InChI=1S/C15H17ClN4O/c1-10(13-6-5-12(16)9-17-13)19-14-7-4-11(8-18-14)15(21)20(2)3/h4-10H,1-3H3,(H,18,19)/t10-/m0/s1. The van der Waals surface area contributed by atoms with Crippen LogP contribution in [0.1, 0.15) is 29.0 Å². The first-order valence-electron chi connectivity index (χ1n) is 6.53. The monoisotopic (exact) mass is 304 g/mol. The van der Waals surface area contributed by atoms with Gasteiger partial charge in [0.25, 0.3) is 5.91 Å². The maximum Gasteiger partial charge on any atom is 0.254 e. The third-order valence-electron chi connectivity index (χ3n) is 2.97. The summed E-state index contributed by atoms with van der Waals surface area (Å²) in [7, 11) is 3.42. The van der Waals surface area contributed by atoms with Gasteiger partial charge in [-0.15, -0.1) is 0 Å². The van der Waals surface area contributed by atoms with Crippen molar-refractivity contribution >= 4 is 23.3 Å². The predicted molar refractivity (Wildman–Crippen MR) is 83.5 cm³/mol. The molecule has 0 aromatic carbocycles. The summed E-state index contributed by atoms with van der Waals surface area (Å²) in [6.07, 6.45) is 3.17. The number of nitrogens with zero attached hydrogens (tertiary/aromatic N) is 3. The van der Waals surface area contributed by atoms with Crippen LogP contribution in [0.15, 0.2) is 36.7 Å². The fourth-order valence-corrected chi connectivity index (χ4v) is 1.91. The molecule has 0 spiro atoms. The van der Waals surface area contributed by atoms with Crippen LogP contribution in [0.5, 0.6) is 0 Å². The molecular formula is C15H17ClN4O. The summed E-state index contributed by atoms with van der Waals surface area (Å²) in [6.45, 7) is 1.98. The van der Waals surface area contributed by atoms with Crippen molar-refractivity contribution < 1.29 is 4.79 Å². The minimum absolute atomic E-state index is 0.00910. The second-order valence-electron chi connectivity index (χ2n) is 4.90. The molecular weight excluding hydrogens is 288 g/mol. The van der Waals surface area contributed by atoms with Gasteiger partial charge in [0.1, 0.15) is 5.82 Å². The Labute approximate surface area is 129 Å². The molecule has 0 fully saturated rings. The van der Waals surface area contributed by atoms with E-state index in [0.29, 0.717) is 16.4 Å². The maximum absolute atomic E-state index is 11.8. The van der Waals surface area contributed by atoms with Gasteiger partial charge in [-0.1, -0.05) is 11.6 Å². The topological polar surface area (TPSA) is 58.1 Å². The first-order chi connectivity index (χ1) is 9.97. The van der Waals surface area contributed by atoms with Gasteiger partial charge in [0.05, 0.1) is 22.3 Å². The highest BCUT2D eigenvalue weighted by molar-refractivity contribution is 6.30. The molecule has 0 saturated carbocycles. The fourth-order valence-electron chi connectivity index (χ4n) is 1.80. The predicted octanol–water partition coefficient (Wildman–Crippen LogP) is 3.00. The number of hydrogen-bond acceptors (Lipinski definition) is 4. The van der Waals surface area contributed by atoms with E-state index in [2.05, 4.69) is 15.3 Å². The summed E-state index contributed by atoms with van der Waals surface area (Å²) >= 11 is 5.82. The van der Waals surface area contributed by atoms with Crippen molar-refractivity contribution in [2.24, 2.45) is 0 Å². The molecule has 2 aromatic heterocycles. The molecule has 1 N–H and O–H groups in total. The van der Waals surface area contributed by atoms with Gasteiger partial charge in [-0.25, -0.2) is 4.98 Å². The van der Waals surface area contributed by atoms with Crippen LogP contribution >= 0.6 is 11.6 Å². The lowest BCUT2D eigenvalue weighted by Crippen LogP contribution is -2.21. The van der Waals surface area contributed by atoms with Crippen molar-refractivity contribution in [1.82, 2.24) is 14.9 Å². The average molecular weight is 305 g/mol. The summed E-state index contributed by atoms with van der Waals surface area (Å²) < 4.78 is 0. The van der Waals surface area contributed by atoms with Gasteiger partial charge in [0, 0.05) is 26.5 Å². The van der Waals surface area contributed by atoms with Crippen LogP contribution in [-0.4, -0.2) is 34.9 Å². The van der Waals surface area contributed by atoms with E-state index in [9.17, 15) is 4.79 Å². The molecule has 0 unspecified atom stereocenters. The number of carbonyl (C=O) groups is 1. The Hall–Kier alpha value is -2.14. The zero-order valence-electron chi connectivity index (χ0n) is 12.2. The molecule has 110 valence electrons. The number of halogens is 1. The summed E-state index contributed by atoms with van der Waals surface area (Å²) in [4.78, 5) is 21.8. The van der Waals surface area contributed by atoms with E-state index in [-0.39, 0.29) is 11.9 Å². The first-order valence-corrected chi connectivity index (χ1v) is 6.91. The van der Waals surface area contributed by atoms with Gasteiger partial charge >= 0.3 is 0 Å². The quantitative estimate of drug-likeness (QED) is 0.943. The number of rotatable bonds is 4. The summed E-state index contributed by atoms with van der Waals surface area (Å²) in [6, 6.07) is 7.19. The van der Waals surface area contributed by atoms with Crippen molar-refractivity contribution in [3.8, 4) is 0 Å². The van der Waals surface area contributed by atoms with Crippen molar-refractivity contribution in [1.29, 1.82) is 0 Å². The lowest BCUT2D eigenvalue weighted by Gasteiger charge is -2.15. The first kappa shape index (κ1) is 15.3. The highest BCUT2D eigenvalue weighted by Crippen LogP contribution is 2.17. The molecule has 2 aromatic rings. The van der Waals surface area contributed by atoms with Gasteiger partial charge in [0.2, 0.25) is 0 Å². The summed E-state index contributed by atoms with van der Waals surface area (Å²) in [5.74, 6) is 0.621. The molecule has 0 bridgehead atoms. The van der Waals surface area contributed by atoms with Crippen LogP contribution < -0.4 is 5.32 Å². The van der Waals surface area contributed by atoms with E-state index in [1.807, 2.05) is 13.0 Å². The summed E-state index contributed by atoms with van der Waals surface area (Å²) in [5, 5.41) is 3.84. The Morgan fingerprint density at radius 2 is 1.95 bits per heavy atom. The van der Waals surface area contributed by atoms with E-state index >= 15 is 0 Å². The minimum Gasteiger partial charge on any atom is -0.362 e. The van der Waals surface area contributed by atoms with Crippen LogP contribution in [-0.2, 0) is 0 Å². The Balaban J connectivity index is 2.06. The zero-order valence-corrected chi connectivity index (χ0v) is 12.9. The number of aromatic nitrogens is 2. The molecule has 0 aliphatic rings. The van der Waals surface area contributed by atoms with Gasteiger partial charge in [0.15, 0.2) is 0 Å². The number of nitrogens with one attached hydrogen (secondary N) is 1. The average Bonchev–Trinajstić information content (AvgIpc) is 2.47. The molecule has 2 rings (SSSR count). The molecule has 0 aliphatic heterocycles. The van der Waals surface area contributed by atoms with E-state index in [1.54, 1.807) is 44.7 Å². The van der Waals surface area contributed by atoms with Crippen LogP contribution in [0.2, 0.25) is 5.02 Å². The van der Waals surface area contributed by atoms with Crippen LogP contribution in [0.4, 0.5) is 5.82 Å². The molecule has 0 radical (unpaired) electrons. The fraction of sp³-hybridized carbons (Fsp3) is 0.267. The Morgan fingerprint density at radius 3 is 2.48 bits per heavy atom. The Morgan fingerprint density at radius 1 is 1.19 bits per heavy atom. The van der Waals surface area contributed by atoms with Gasteiger partial charge in [-0.05, 0) is 31.2 Å². The molecule has 1 amide bonds. The van der Waals surface area contributed by atoms with Gasteiger partial charge in [-0.3, -0.25) is 9.78 Å². The van der Waals surface area contributed by atoms with Crippen molar-refractivity contribution in [2.75, 3.05) is 19.4 Å². The highest BCUT2D eigenvalue weighted by Gasteiger charge is 2.10. The minimum atomic E-state index is -0.0681. The SMILES string of the molecule is C[C@H](Nc1ccc(C(=O)N(C)C)cn1)c1ccc(Cl)cn1.